The molecule has 4 aromatic rings. The Morgan fingerprint density at radius 2 is 1.95 bits per heavy atom. The van der Waals surface area contributed by atoms with Gasteiger partial charge in [-0.3, -0.25) is 9.69 Å². The third kappa shape index (κ3) is 5.52. The summed E-state index contributed by atoms with van der Waals surface area (Å²) < 4.78 is 12.6. The van der Waals surface area contributed by atoms with E-state index in [4.69, 9.17) is 15.7 Å². The molecule has 9 heteroatoms. The predicted molar refractivity (Wildman–Crippen MR) is 152 cm³/mol. The van der Waals surface area contributed by atoms with Gasteiger partial charge >= 0.3 is 6.09 Å². The lowest BCUT2D eigenvalue weighted by molar-refractivity contribution is 0.0651. The molecule has 1 aliphatic rings. The minimum atomic E-state index is -0.843. The largest absolute Gasteiger partial charge is 0.439 e. The highest BCUT2D eigenvalue weighted by Crippen LogP contribution is 2.34. The van der Waals surface area contributed by atoms with Gasteiger partial charge in [0.2, 0.25) is 5.89 Å². The maximum atomic E-state index is 12.9. The number of halogens is 1. The van der Waals surface area contributed by atoms with E-state index >= 15 is 0 Å². The molecule has 1 saturated heterocycles. The molecule has 1 aliphatic heterocycles. The van der Waals surface area contributed by atoms with Gasteiger partial charge in [-0.2, -0.15) is 0 Å². The lowest BCUT2D eigenvalue weighted by Crippen LogP contribution is -2.43. The van der Waals surface area contributed by atoms with Gasteiger partial charge in [0.25, 0.3) is 5.91 Å². The fraction of sp³-hybridized carbons (Fsp3) is 0.267. The zero-order valence-electron chi connectivity index (χ0n) is 21.8. The van der Waals surface area contributed by atoms with Crippen LogP contribution in [0.5, 0.6) is 0 Å². The molecule has 0 radical (unpaired) electrons. The molecule has 0 spiro atoms. The highest BCUT2D eigenvalue weighted by atomic mass is 79.9. The van der Waals surface area contributed by atoms with E-state index in [-0.39, 0.29) is 18.4 Å². The van der Waals surface area contributed by atoms with Crippen LogP contribution in [-0.4, -0.2) is 40.6 Å². The normalized spacial score (nSPS) is 16.9. The molecular weight excluding hydrogens is 560 g/mol. The lowest BCUT2D eigenvalue weighted by Gasteiger charge is -2.22. The number of carbonyl (C=O) groups excluding carboxylic acids is 2. The van der Waals surface area contributed by atoms with Crippen molar-refractivity contribution in [2.75, 3.05) is 13.1 Å². The van der Waals surface area contributed by atoms with Crippen LogP contribution in [-0.2, 0) is 11.3 Å². The van der Waals surface area contributed by atoms with E-state index in [1.54, 1.807) is 35.2 Å². The summed E-state index contributed by atoms with van der Waals surface area (Å²) in [5.41, 5.74) is 4.09. The van der Waals surface area contributed by atoms with Crippen molar-refractivity contribution in [2.45, 2.75) is 38.8 Å². The van der Waals surface area contributed by atoms with Crippen molar-refractivity contribution in [2.24, 2.45) is 0 Å². The number of carbonyl (C=O) groups is 2. The van der Waals surface area contributed by atoms with Crippen LogP contribution in [0.25, 0.3) is 27.4 Å². The Hall–Kier alpha value is -4.16. The maximum Gasteiger partial charge on any atom is 0.410 e. The second-order valence-electron chi connectivity index (χ2n) is 10.2. The van der Waals surface area contributed by atoms with Crippen molar-refractivity contribution in [1.82, 2.24) is 15.2 Å². The average Bonchev–Trinajstić information content (AvgIpc) is 3.48. The number of ether oxygens (including phenoxy) is 1. The Morgan fingerprint density at radius 1 is 1.21 bits per heavy atom. The van der Waals surface area contributed by atoms with E-state index in [1.165, 1.54) is 0 Å². The van der Waals surface area contributed by atoms with E-state index < -0.39 is 11.7 Å². The summed E-state index contributed by atoms with van der Waals surface area (Å²) in [4.78, 5) is 35.2. The summed E-state index contributed by atoms with van der Waals surface area (Å²) in [6, 6.07) is 18.2. The predicted octanol–water partition coefficient (Wildman–Crippen LogP) is 7.07. The summed E-state index contributed by atoms with van der Waals surface area (Å²) in [5.74, 6) is 0.329. The molecule has 0 saturated carbocycles. The summed E-state index contributed by atoms with van der Waals surface area (Å²) in [6.07, 6.45) is -0.408. The molecule has 2 heterocycles. The minimum Gasteiger partial charge on any atom is -0.439 e. The molecule has 3 aromatic carbocycles. The van der Waals surface area contributed by atoms with Crippen LogP contribution in [0.1, 0.15) is 48.2 Å². The number of benzene rings is 3. The van der Waals surface area contributed by atoms with E-state index in [0.29, 0.717) is 41.3 Å². The molecule has 2 amide bonds. The first-order chi connectivity index (χ1) is 18.7. The van der Waals surface area contributed by atoms with Gasteiger partial charge in [-0.05, 0) is 66.4 Å². The molecule has 8 nitrogen and oxygen atoms in total. The van der Waals surface area contributed by atoms with Crippen LogP contribution in [0, 0.1) is 6.57 Å². The fourth-order valence-electron chi connectivity index (χ4n) is 4.61. The van der Waals surface area contributed by atoms with Crippen LogP contribution >= 0.6 is 15.9 Å². The number of cyclic esters (lactones) is 1. The SMILES string of the molecule is [C-]#[N+]c1cc(C(C)C)c2oc(-c3ccc(C(=O)NCC4(C)CN(Cc5ccccc5Br)C(=O)O4)cc3)nc2c1. The number of rotatable bonds is 7. The zero-order valence-corrected chi connectivity index (χ0v) is 23.4. The van der Waals surface area contributed by atoms with Gasteiger partial charge in [0.1, 0.15) is 5.60 Å². The van der Waals surface area contributed by atoms with Crippen LogP contribution in [0.2, 0.25) is 0 Å². The Bertz CT molecular complexity index is 1610. The molecule has 5 rings (SSSR count). The molecule has 198 valence electrons. The Labute approximate surface area is 234 Å². The first-order valence-electron chi connectivity index (χ1n) is 12.6. The van der Waals surface area contributed by atoms with Gasteiger partial charge < -0.3 is 14.5 Å². The molecule has 1 N–H and O–H groups in total. The topological polar surface area (TPSA) is 89.0 Å². The number of aromatic nitrogens is 1. The first kappa shape index (κ1) is 26.4. The van der Waals surface area contributed by atoms with Crippen molar-refractivity contribution in [3.63, 3.8) is 0 Å². The lowest BCUT2D eigenvalue weighted by atomic mass is 10.0. The number of fused-ring (bicyclic) bond motifs is 1. The van der Waals surface area contributed by atoms with E-state index in [1.807, 2.05) is 51.1 Å². The van der Waals surface area contributed by atoms with Gasteiger partial charge in [-0.25, -0.2) is 14.6 Å². The number of amides is 2. The quantitative estimate of drug-likeness (QED) is 0.234. The smallest absolute Gasteiger partial charge is 0.410 e. The summed E-state index contributed by atoms with van der Waals surface area (Å²) in [6.45, 7) is 14.2. The second kappa shape index (κ2) is 10.5. The van der Waals surface area contributed by atoms with E-state index in [2.05, 4.69) is 31.1 Å². The Morgan fingerprint density at radius 3 is 2.64 bits per heavy atom. The average molecular weight is 587 g/mol. The highest BCUT2D eigenvalue weighted by molar-refractivity contribution is 9.10. The van der Waals surface area contributed by atoms with Crippen molar-refractivity contribution in [3.05, 3.63) is 93.2 Å². The van der Waals surface area contributed by atoms with Crippen LogP contribution in [0.15, 0.2) is 69.6 Å². The number of hydrogen-bond acceptors (Lipinski definition) is 5. The number of oxazole rings is 1. The van der Waals surface area contributed by atoms with Gasteiger partial charge in [-0.15, -0.1) is 0 Å². The van der Waals surface area contributed by atoms with Gasteiger partial charge in [-0.1, -0.05) is 48.0 Å². The Balaban J connectivity index is 1.25. The monoisotopic (exact) mass is 586 g/mol. The van der Waals surface area contributed by atoms with E-state index in [9.17, 15) is 9.59 Å². The zero-order chi connectivity index (χ0) is 27.7. The van der Waals surface area contributed by atoms with E-state index in [0.717, 1.165) is 21.2 Å². The summed E-state index contributed by atoms with van der Waals surface area (Å²) in [7, 11) is 0. The Kier molecular flexibility index (Phi) is 7.15. The maximum absolute atomic E-state index is 12.9. The fourth-order valence-corrected chi connectivity index (χ4v) is 5.02. The first-order valence-corrected chi connectivity index (χ1v) is 13.4. The van der Waals surface area contributed by atoms with Crippen LogP contribution in [0.4, 0.5) is 10.5 Å². The second-order valence-corrected chi connectivity index (χ2v) is 11.0. The molecule has 1 atom stereocenters. The number of nitrogens with one attached hydrogen (secondary N) is 1. The van der Waals surface area contributed by atoms with Gasteiger partial charge in [0.15, 0.2) is 11.3 Å². The number of nitrogens with zero attached hydrogens (tertiary/aromatic N) is 3. The van der Waals surface area contributed by atoms with Crippen molar-refractivity contribution >= 4 is 44.7 Å². The molecule has 39 heavy (non-hydrogen) atoms. The van der Waals surface area contributed by atoms with Crippen molar-refractivity contribution < 1.29 is 18.7 Å². The molecule has 1 fully saturated rings. The standard InChI is InChI=1S/C30H27BrN4O4/c1-18(2)23-13-22(32-4)14-25-26(23)38-28(34-25)20-11-9-19(10-12-20)27(36)33-16-30(3)17-35(29(37)39-30)15-21-7-5-6-8-24(21)31/h5-14,18H,15-17H2,1-3H3,(H,33,36). The minimum absolute atomic E-state index is 0.175. The third-order valence-corrected chi connectivity index (χ3v) is 7.48. The van der Waals surface area contributed by atoms with Crippen molar-refractivity contribution in [3.8, 4) is 11.5 Å². The number of hydrogen-bond donors (Lipinski definition) is 1. The molecular formula is C30H27BrN4O4. The third-order valence-electron chi connectivity index (χ3n) is 6.71. The molecule has 0 aliphatic carbocycles. The van der Waals surface area contributed by atoms with Crippen LogP contribution < -0.4 is 5.32 Å². The highest BCUT2D eigenvalue weighted by Gasteiger charge is 2.41. The van der Waals surface area contributed by atoms with Crippen molar-refractivity contribution in [1.29, 1.82) is 0 Å². The van der Waals surface area contributed by atoms with Gasteiger partial charge in [0.05, 0.1) is 31.7 Å². The molecule has 0 bridgehead atoms. The summed E-state index contributed by atoms with van der Waals surface area (Å²) in [5, 5.41) is 2.89. The van der Waals surface area contributed by atoms with Gasteiger partial charge in [0, 0.05) is 15.6 Å². The van der Waals surface area contributed by atoms with Crippen LogP contribution in [0.3, 0.4) is 0 Å². The molecule has 1 unspecified atom stereocenters. The summed E-state index contributed by atoms with van der Waals surface area (Å²) >= 11 is 3.51. The molecule has 1 aromatic heterocycles.